The number of carbonyl (C=O) groups excluding carboxylic acids is 1. The molecule has 2 aliphatic heterocycles. The van der Waals surface area contributed by atoms with E-state index < -0.39 is 5.60 Å². The monoisotopic (exact) mass is 289 g/mol. The van der Waals surface area contributed by atoms with Crippen LogP contribution in [0.1, 0.15) is 33.6 Å². The number of nitrogens with zero attached hydrogens (tertiary/aromatic N) is 3. The molecule has 0 spiro atoms. The van der Waals surface area contributed by atoms with Gasteiger partial charge in [-0.15, -0.1) is 0 Å². The number of aromatic nitrogens is 1. The second kappa shape index (κ2) is 5.20. The largest absolute Gasteiger partial charge is 0.444 e. The van der Waals surface area contributed by atoms with Crippen molar-refractivity contribution in [3.8, 4) is 0 Å². The van der Waals surface area contributed by atoms with Gasteiger partial charge in [0.15, 0.2) is 0 Å². The van der Waals surface area contributed by atoms with Gasteiger partial charge in [-0.25, -0.2) is 9.78 Å². The Morgan fingerprint density at radius 2 is 1.90 bits per heavy atom. The van der Waals surface area contributed by atoms with Crippen LogP contribution in [0.15, 0.2) is 24.4 Å². The van der Waals surface area contributed by atoms with Gasteiger partial charge in [-0.3, -0.25) is 4.90 Å². The molecule has 2 bridgehead atoms. The predicted octanol–water partition coefficient (Wildman–Crippen LogP) is 2.67. The molecule has 0 saturated carbocycles. The van der Waals surface area contributed by atoms with E-state index in [0.29, 0.717) is 0 Å². The van der Waals surface area contributed by atoms with Crippen molar-refractivity contribution < 1.29 is 9.53 Å². The van der Waals surface area contributed by atoms with E-state index in [1.165, 1.54) is 0 Å². The number of rotatable bonds is 1. The summed E-state index contributed by atoms with van der Waals surface area (Å²) in [5.74, 6) is 0.998. The van der Waals surface area contributed by atoms with E-state index in [4.69, 9.17) is 4.74 Å². The van der Waals surface area contributed by atoms with Crippen LogP contribution in [0.25, 0.3) is 0 Å². The molecule has 2 atom stereocenters. The summed E-state index contributed by atoms with van der Waals surface area (Å²) in [5.41, 5.74) is -0.436. The predicted molar refractivity (Wildman–Crippen MR) is 81.3 cm³/mol. The molecule has 1 amide bonds. The molecule has 0 N–H and O–H groups in total. The lowest BCUT2D eigenvalue weighted by Gasteiger charge is -2.41. The molecule has 1 aromatic rings. The van der Waals surface area contributed by atoms with Crippen LogP contribution in [0, 0.1) is 0 Å². The fourth-order valence-electron chi connectivity index (χ4n) is 3.24. The van der Waals surface area contributed by atoms with Crippen LogP contribution in [0.4, 0.5) is 10.6 Å². The topological polar surface area (TPSA) is 45.7 Å². The van der Waals surface area contributed by atoms with Crippen molar-refractivity contribution in [3.05, 3.63) is 24.4 Å². The Balaban J connectivity index is 1.71. The number of hydrogen-bond acceptors (Lipinski definition) is 4. The molecule has 5 heteroatoms. The Bertz CT molecular complexity index is 498. The van der Waals surface area contributed by atoms with Crippen LogP contribution in [0.5, 0.6) is 0 Å². The van der Waals surface area contributed by atoms with Gasteiger partial charge in [-0.1, -0.05) is 6.07 Å². The van der Waals surface area contributed by atoms with Crippen LogP contribution >= 0.6 is 0 Å². The van der Waals surface area contributed by atoms with Crippen LogP contribution < -0.4 is 4.90 Å². The maximum Gasteiger partial charge on any atom is 0.410 e. The molecule has 2 fully saturated rings. The van der Waals surface area contributed by atoms with Crippen LogP contribution in [-0.4, -0.2) is 46.8 Å². The van der Waals surface area contributed by atoms with Crippen molar-refractivity contribution in [2.24, 2.45) is 0 Å². The average molecular weight is 289 g/mol. The first-order valence-electron chi connectivity index (χ1n) is 7.61. The van der Waals surface area contributed by atoms with E-state index in [0.717, 1.165) is 31.7 Å². The van der Waals surface area contributed by atoms with Crippen molar-refractivity contribution >= 4 is 11.9 Å². The lowest BCUT2D eigenvalue weighted by molar-refractivity contribution is 0.0123. The molecular weight excluding hydrogens is 266 g/mol. The minimum atomic E-state index is -0.436. The summed E-state index contributed by atoms with van der Waals surface area (Å²) in [7, 11) is 0. The Morgan fingerprint density at radius 3 is 2.43 bits per heavy atom. The molecule has 0 aliphatic carbocycles. The molecule has 2 unspecified atom stereocenters. The van der Waals surface area contributed by atoms with E-state index in [-0.39, 0.29) is 18.2 Å². The molecule has 1 aromatic heterocycles. The number of piperazine rings is 1. The molecule has 3 heterocycles. The third kappa shape index (κ3) is 2.96. The molecule has 114 valence electrons. The average Bonchev–Trinajstić information content (AvgIpc) is 2.69. The lowest BCUT2D eigenvalue weighted by atomic mass is 10.2. The first-order valence-corrected chi connectivity index (χ1v) is 7.61. The zero-order valence-electron chi connectivity index (χ0n) is 13.0. The van der Waals surface area contributed by atoms with Gasteiger partial charge in [-0.2, -0.15) is 0 Å². The Kier molecular flexibility index (Phi) is 3.51. The Morgan fingerprint density at radius 1 is 1.24 bits per heavy atom. The summed E-state index contributed by atoms with van der Waals surface area (Å²) in [5, 5.41) is 0. The van der Waals surface area contributed by atoms with Crippen LogP contribution in [0.3, 0.4) is 0 Å². The fourth-order valence-corrected chi connectivity index (χ4v) is 3.24. The molecule has 5 nitrogen and oxygen atoms in total. The summed E-state index contributed by atoms with van der Waals surface area (Å²) >= 11 is 0. The smallest absolute Gasteiger partial charge is 0.410 e. The van der Waals surface area contributed by atoms with E-state index in [9.17, 15) is 4.79 Å². The summed E-state index contributed by atoms with van der Waals surface area (Å²) in [6.45, 7) is 7.42. The van der Waals surface area contributed by atoms with Gasteiger partial charge in [0.2, 0.25) is 0 Å². The highest BCUT2D eigenvalue weighted by molar-refractivity contribution is 5.70. The van der Waals surface area contributed by atoms with Crippen LogP contribution in [0.2, 0.25) is 0 Å². The van der Waals surface area contributed by atoms with E-state index >= 15 is 0 Å². The molecule has 0 radical (unpaired) electrons. The maximum atomic E-state index is 12.4. The maximum absolute atomic E-state index is 12.4. The first-order chi connectivity index (χ1) is 9.94. The van der Waals surface area contributed by atoms with E-state index in [1.54, 1.807) is 0 Å². The highest BCUT2D eigenvalue weighted by Gasteiger charge is 2.44. The number of carbonyl (C=O) groups is 1. The van der Waals surface area contributed by atoms with Gasteiger partial charge in [-0.05, 0) is 45.7 Å². The van der Waals surface area contributed by atoms with Crippen LogP contribution in [-0.2, 0) is 4.74 Å². The van der Waals surface area contributed by atoms with Gasteiger partial charge in [0, 0.05) is 19.3 Å². The van der Waals surface area contributed by atoms with E-state index in [2.05, 4.69) is 9.88 Å². The standard InChI is InChI=1S/C16H23N3O2/c1-16(2,3)21-15(20)19-12-7-8-13(19)11-18(10-12)14-6-4-5-9-17-14/h4-6,9,12-13H,7-8,10-11H2,1-3H3. The molecule has 2 saturated heterocycles. The third-order valence-electron chi connectivity index (χ3n) is 4.06. The zero-order valence-corrected chi connectivity index (χ0v) is 13.0. The normalized spacial score (nSPS) is 25.1. The van der Waals surface area contributed by atoms with Crippen molar-refractivity contribution in [1.29, 1.82) is 0 Å². The molecule has 2 aliphatic rings. The SMILES string of the molecule is CC(C)(C)OC(=O)N1C2CCC1CN(c1ccccn1)C2. The second-order valence-electron chi connectivity index (χ2n) is 6.87. The van der Waals surface area contributed by atoms with Crippen molar-refractivity contribution in [1.82, 2.24) is 9.88 Å². The van der Waals surface area contributed by atoms with E-state index in [1.807, 2.05) is 50.1 Å². The number of ether oxygens (including phenoxy) is 1. The number of pyridine rings is 1. The van der Waals surface area contributed by atoms with Crippen molar-refractivity contribution in [2.45, 2.75) is 51.3 Å². The molecule has 0 aromatic carbocycles. The number of hydrogen-bond donors (Lipinski definition) is 0. The highest BCUT2D eigenvalue weighted by atomic mass is 16.6. The number of amides is 1. The molecule has 21 heavy (non-hydrogen) atoms. The van der Waals surface area contributed by atoms with Gasteiger partial charge in [0.05, 0.1) is 12.1 Å². The summed E-state index contributed by atoms with van der Waals surface area (Å²) in [4.78, 5) is 21.0. The van der Waals surface area contributed by atoms with Crippen molar-refractivity contribution in [2.75, 3.05) is 18.0 Å². The minimum absolute atomic E-state index is 0.171. The number of anilines is 1. The molecule has 3 rings (SSSR count). The molecular formula is C16H23N3O2. The Hall–Kier alpha value is -1.78. The van der Waals surface area contributed by atoms with Gasteiger partial charge in [0.25, 0.3) is 0 Å². The van der Waals surface area contributed by atoms with Crippen molar-refractivity contribution in [3.63, 3.8) is 0 Å². The fraction of sp³-hybridized carbons (Fsp3) is 0.625. The summed E-state index contributed by atoms with van der Waals surface area (Å²) in [6, 6.07) is 6.43. The lowest BCUT2D eigenvalue weighted by Crippen LogP contribution is -2.57. The zero-order chi connectivity index (χ0) is 15.0. The van der Waals surface area contributed by atoms with Gasteiger partial charge >= 0.3 is 6.09 Å². The third-order valence-corrected chi connectivity index (χ3v) is 4.06. The first kappa shape index (κ1) is 14.2. The summed E-state index contributed by atoms with van der Waals surface area (Å²) < 4.78 is 5.55. The second-order valence-corrected chi connectivity index (χ2v) is 6.87. The summed E-state index contributed by atoms with van der Waals surface area (Å²) in [6.07, 6.45) is 3.74. The highest BCUT2D eigenvalue weighted by Crippen LogP contribution is 2.33. The minimum Gasteiger partial charge on any atom is -0.444 e. The van der Waals surface area contributed by atoms with Gasteiger partial charge < -0.3 is 9.64 Å². The van der Waals surface area contributed by atoms with Gasteiger partial charge in [0.1, 0.15) is 11.4 Å². The quantitative estimate of drug-likeness (QED) is 0.797. The Labute approximate surface area is 125 Å². The number of fused-ring (bicyclic) bond motifs is 2.